The average Bonchev–Trinajstić information content (AvgIpc) is 3.01. The van der Waals surface area contributed by atoms with Crippen LogP contribution in [0.3, 0.4) is 0 Å². The number of nitrogens with zero attached hydrogens (tertiary/aromatic N) is 1. The lowest BCUT2D eigenvalue weighted by molar-refractivity contribution is 0.416. The molecule has 3 nitrogen and oxygen atoms in total. The fourth-order valence-electron chi connectivity index (χ4n) is 4.61. The number of hydrogen-bond acceptors (Lipinski definition) is 3. The second-order valence-corrected chi connectivity index (χ2v) is 11.4. The molecule has 0 saturated carbocycles. The molecule has 5 rings (SSSR count). The van der Waals surface area contributed by atoms with E-state index in [0.717, 1.165) is 55.5 Å². The van der Waals surface area contributed by atoms with Gasteiger partial charge in [0.05, 0.1) is 14.2 Å². The summed E-state index contributed by atoms with van der Waals surface area (Å²) in [5.74, 6) is 1.71. The molecule has 0 radical (unpaired) electrons. The zero-order chi connectivity index (χ0) is 30.1. The Labute approximate surface area is 267 Å². The van der Waals surface area contributed by atoms with Gasteiger partial charge < -0.3 is 14.4 Å². The first-order valence-corrected chi connectivity index (χ1v) is 15.4. The molecule has 216 valence electrons. The Morgan fingerprint density at radius 2 is 1.07 bits per heavy atom. The highest BCUT2D eigenvalue weighted by Gasteiger charge is 2.09. The fraction of sp³-hybridized carbons (Fsp3) is 0.167. The van der Waals surface area contributed by atoms with Gasteiger partial charge in [0.15, 0.2) is 0 Å². The maximum atomic E-state index is 6.16. The molecule has 0 aliphatic heterocycles. The highest BCUT2D eigenvalue weighted by atomic mass is 79.9. The van der Waals surface area contributed by atoms with Crippen LogP contribution in [0.25, 0.3) is 22.3 Å². The molecule has 42 heavy (non-hydrogen) atoms. The quantitative estimate of drug-likeness (QED) is 0.154. The van der Waals surface area contributed by atoms with Crippen LogP contribution < -0.4 is 14.4 Å². The largest absolute Gasteiger partial charge is 0.496 e. The molecule has 5 aromatic carbocycles. The maximum absolute atomic E-state index is 6.16. The number of hydrogen-bond donors (Lipinski definition) is 0. The number of alkyl halides is 1. The van der Waals surface area contributed by atoms with Crippen LogP contribution in [0.4, 0.5) is 5.69 Å². The van der Waals surface area contributed by atoms with E-state index in [4.69, 9.17) is 32.7 Å². The number of rotatable bonds is 8. The first-order chi connectivity index (χ1) is 20.3. The molecular formula is C36H34BrCl2NO2. The lowest BCUT2D eigenvalue weighted by Gasteiger charge is -2.14. The summed E-state index contributed by atoms with van der Waals surface area (Å²) >= 11 is 15.6. The second kappa shape index (κ2) is 15.2. The van der Waals surface area contributed by atoms with Gasteiger partial charge in [-0.05, 0) is 94.9 Å². The summed E-state index contributed by atoms with van der Waals surface area (Å²) in [7, 11) is 7.48. The van der Waals surface area contributed by atoms with Gasteiger partial charge in [-0.1, -0.05) is 87.7 Å². The molecule has 0 atom stereocenters. The van der Waals surface area contributed by atoms with E-state index in [2.05, 4.69) is 83.5 Å². The van der Waals surface area contributed by atoms with Gasteiger partial charge in [-0.25, -0.2) is 0 Å². The Balaban J connectivity index is 0.000000208. The van der Waals surface area contributed by atoms with Crippen LogP contribution in [0.5, 0.6) is 11.5 Å². The van der Waals surface area contributed by atoms with Gasteiger partial charge >= 0.3 is 0 Å². The summed E-state index contributed by atoms with van der Waals surface area (Å²) in [5, 5.41) is 2.28. The minimum absolute atomic E-state index is 0.726. The third-order valence-electron chi connectivity index (χ3n) is 6.81. The smallest absolute Gasteiger partial charge is 0.126 e. The van der Waals surface area contributed by atoms with E-state index in [9.17, 15) is 0 Å². The lowest BCUT2D eigenvalue weighted by Crippen LogP contribution is -2.08. The van der Waals surface area contributed by atoms with Crippen LogP contribution in [0.1, 0.15) is 16.7 Å². The standard InChI is InChI=1S/C22H22ClNO.C14H12BrClO/c1-24(2)20-10-7-16(8-11-20)13-17-9-12-22(25-3)21(14-17)18-5-4-6-19(23)15-18;1-17-14-6-5-10(9-15)7-13(14)11-3-2-4-12(16)8-11/h4-12,14-15H,13H2,1-3H3;2-8H,9H2,1H3. The van der Waals surface area contributed by atoms with E-state index >= 15 is 0 Å². The van der Waals surface area contributed by atoms with Crippen LogP contribution in [0.2, 0.25) is 10.0 Å². The SMILES string of the molecule is COc1ccc(CBr)cc1-c1cccc(Cl)c1.COc1ccc(Cc2ccc(N(C)C)cc2)cc1-c1cccc(Cl)c1. The van der Waals surface area contributed by atoms with Crippen molar-refractivity contribution in [2.75, 3.05) is 33.2 Å². The predicted octanol–water partition coefficient (Wildman–Crippen LogP) is 10.6. The molecule has 0 bridgehead atoms. The van der Waals surface area contributed by atoms with Crippen molar-refractivity contribution in [2.24, 2.45) is 0 Å². The van der Waals surface area contributed by atoms with Crippen molar-refractivity contribution >= 4 is 44.8 Å². The van der Waals surface area contributed by atoms with Gasteiger partial charge in [0.25, 0.3) is 0 Å². The van der Waals surface area contributed by atoms with Crippen LogP contribution in [0, 0.1) is 0 Å². The summed E-state index contributed by atoms with van der Waals surface area (Å²) in [6, 6.07) is 36.8. The van der Waals surface area contributed by atoms with E-state index in [1.165, 1.54) is 22.4 Å². The predicted molar refractivity (Wildman–Crippen MR) is 183 cm³/mol. The van der Waals surface area contributed by atoms with E-state index in [-0.39, 0.29) is 0 Å². The molecule has 0 N–H and O–H groups in total. The van der Waals surface area contributed by atoms with Crippen molar-refractivity contribution in [3.05, 3.63) is 136 Å². The molecular weight excluding hydrogens is 629 g/mol. The third-order valence-corrected chi connectivity index (χ3v) is 7.93. The molecule has 0 aromatic heterocycles. The molecule has 6 heteroatoms. The summed E-state index contributed by atoms with van der Waals surface area (Å²) in [6.07, 6.45) is 0.880. The Kier molecular flexibility index (Phi) is 11.4. The number of ether oxygens (including phenoxy) is 2. The van der Waals surface area contributed by atoms with Crippen molar-refractivity contribution in [1.82, 2.24) is 0 Å². The molecule has 5 aromatic rings. The van der Waals surface area contributed by atoms with Crippen LogP contribution in [0.15, 0.2) is 109 Å². The zero-order valence-electron chi connectivity index (χ0n) is 24.2. The maximum Gasteiger partial charge on any atom is 0.126 e. The van der Waals surface area contributed by atoms with E-state index < -0.39 is 0 Å². The Morgan fingerprint density at radius 3 is 1.52 bits per heavy atom. The highest BCUT2D eigenvalue weighted by molar-refractivity contribution is 9.08. The van der Waals surface area contributed by atoms with Crippen LogP contribution in [-0.4, -0.2) is 28.3 Å². The number of methoxy groups -OCH3 is 2. The molecule has 0 amide bonds. The lowest BCUT2D eigenvalue weighted by atomic mass is 9.98. The minimum Gasteiger partial charge on any atom is -0.496 e. The second-order valence-electron chi connectivity index (χ2n) is 9.96. The van der Waals surface area contributed by atoms with Crippen molar-refractivity contribution in [2.45, 2.75) is 11.8 Å². The van der Waals surface area contributed by atoms with Crippen molar-refractivity contribution in [3.8, 4) is 33.8 Å². The number of anilines is 1. The normalized spacial score (nSPS) is 10.5. The van der Waals surface area contributed by atoms with Crippen LogP contribution >= 0.6 is 39.1 Å². The molecule has 0 unspecified atom stereocenters. The van der Waals surface area contributed by atoms with Gasteiger partial charge in [0.2, 0.25) is 0 Å². The summed E-state index contributed by atoms with van der Waals surface area (Å²) < 4.78 is 10.9. The fourth-order valence-corrected chi connectivity index (χ4v) is 5.34. The molecule has 0 fully saturated rings. The van der Waals surface area contributed by atoms with Gasteiger partial charge in [0, 0.05) is 46.3 Å². The zero-order valence-corrected chi connectivity index (χ0v) is 27.3. The van der Waals surface area contributed by atoms with E-state index in [0.29, 0.717) is 0 Å². The number of benzene rings is 5. The first-order valence-electron chi connectivity index (χ1n) is 13.5. The minimum atomic E-state index is 0.726. The molecule has 0 spiro atoms. The van der Waals surface area contributed by atoms with Gasteiger partial charge in [-0.3, -0.25) is 0 Å². The topological polar surface area (TPSA) is 21.7 Å². The van der Waals surface area contributed by atoms with Crippen molar-refractivity contribution in [1.29, 1.82) is 0 Å². The van der Waals surface area contributed by atoms with Gasteiger partial charge in [-0.15, -0.1) is 0 Å². The van der Waals surface area contributed by atoms with Gasteiger partial charge in [0.1, 0.15) is 11.5 Å². The van der Waals surface area contributed by atoms with E-state index in [1.54, 1.807) is 14.2 Å². The summed E-state index contributed by atoms with van der Waals surface area (Å²) in [4.78, 5) is 2.11. The molecule has 0 heterocycles. The third kappa shape index (κ3) is 8.32. The summed E-state index contributed by atoms with van der Waals surface area (Å²) in [6.45, 7) is 0. The monoisotopic (exact) mass is 661 g/mol. The molecule has 0 saturated heterocycles. The average molecular weight is 663 g/mol. The molecule has 0 aliphatic rings. The number of halogens is 3. The Hall–Kier alpha value is -3.44. The first kappa shape index (κ1) is 31.5. The summed E-state index contributed by atoms with van der Waals surface area (Å²) in [5.41, 5.74) is 9.20. The van der Waals surface area contributed by atoms with Crippen molar-refractivity contribution in [3.63, 3.8) is 0 Å². The highest BCUT2D eigenvalue weighted by Crippen LogP contribution is 2.34. The van der Waals surface area contributed by atoms with Crippen molar-refractivity contribution < 1.29 is 9.47 Å². The van der Waals surface area contributed by atoms with Gasteiger partial charge in [-0.2, -0.15) is 0 Å². The van der Waals surface area contributed by atoms with Crippen LogP contribution in [-0.2, 0) is 11.8 Å². The Bertz CT molecular complexity index is 1620. The molecule has 0 aliphatic carbocycles. The Morgan fingerprint density at radius 1 is 0.595 bits per heavy atom. The van der Waals surface area contributed by atoms with E-state index in [1.807, 2.05) is 60.7 Å².